The minimum Gasteiger partial charge on any atom is -0.481 e. The minimum atomic E-state index is -4.16. The Bertz CT molecular complexity index is 309. The van der Waals surface area contributed by atoms with Gasteiger partial charge < -0.3 is 15.7 Å². The summed E-state index contributed by atoms with van der Waals surface area (Å²) in [5.74, 6) is -1.07. The molecule has 5 nitrogen and oxygen atoms in total. The van der Waals surface area contributed by atoms with Crippen molar-refractivity contribution < 1.29 is 27.9 Å². The molecule has 0 aromatic rings. The molecule has 20 heavy (non-hydrogen) atoms. The molecule has 0 aliphatic rings. The fourth-order valence-corrected chi connectivity index (χ4v) is 1.56. The van der Waals surface area contributed by atoms with Crippen LogP contribution in [0.3, 0.4) is 0 Å². The van der Waals surface area contributed by atoms with Gasteiger partial charge >= 0.3 is 18.2 Å². The largest absolute Gasteiger partial charge is 0.481 e. The second-order valence-electron chi connectivity index (χ2n) is 4.58. The summed E-state index contributed by atoms with van der Waals surface area (Å²) in [7, 11) is 0. The van der Waals surface area contributed by atoms with E-state index in [0.717, 1.165) is 0 Å². The summed E-state index contributed by atoms with van der Waals surface area (Å²) >= 11 is 0. The number of halogens is 3. The third-order valence-electron chi connectivity index (χ3n) is 2.76. The smallest absolute Gasteiger partial charge is 0.389 e. The van der Waals surface area contributed by atoms with Gasteiger partial charge in [-0.3, -0.25) is 4.79 Å². The molecule has 0 rings (SSSR count). The standard InChI is InChI=1S/C12H21F3N2O3/c1-2-9(7-10(18)19)8-17-11(20)16-6-4-3-5-12(13,14)15/h9H,2-8H2,1H3,(H,18,19)(H2,16,17,20). The first kappa shape index (κ1) is 18.5. The topological polar surface area (TPSA) is 78.4 Å². The Morgan fingerprint density at radius 3 is 2.35 bits per heavy atom. The Morgan fingerprint density at radius 1 is 1.20 bits per heavy atom. The molecule has 0 radical (unpaired) electrons. The molecule has 118 valence electrons. The fraction of sp³-hybridized carbons (Fsp3) is 0.833. The van der Waals surface area contributed by atoms with Crippen molar-refractivity contribution in [3.05, 3.63) is 0 Å². The van der Waals surface area contributed by atoms with E-state index in [1.807, 2.05) is 6.92 Å². The number of hydrogen-bond acceptors (Lipinski definition) is 2. The Hall–Kier alpha value is -1.47. The van der Waals surface area contributed by atoms with Crippen molar-refractivity contribution in [3.8, 4) is 0 Å². The van der Waals surface area contributed by atoms with Gasteiger partial charge in [-0.15, -0.1) is 0 Å². The maximum atomic E-state index is 11.8. The van der Waals surface area contributed by atoms with Crippen LogP contribution in [0.5, 0.6) is 0 Å². The molecule has 0 aliphatic heterocycles. The van der Waals surface area contributed by atoms with Crippen LogP contribution in [0.25, 0.3) is 0 Å². The molecule has 0 heterocycles. The zero-order chi connectivity index (χ0) is 15.6. The summed E-state index contributed by atoms with van der Waals surface area (Å²) in [6.07, 6.45) is -4.19. The summed E-state index contributed by atoms with van der Waals surface area (Å²) in [6.45, 7) is 2.22. The molecule has 1 unspecified atom stereocenters. The average Bonchev–Trinajstić information content (AvgIpc) is 2.32. The van der Waals surface area contributed by atoms with Crippen LogP contribution in [0, 0.1) is 5.92 Å². The predicted molar refractivity (Wildman–Crippen MR) is 67.3 cm³/mol. The van der Waals surface area contributed by atoms with E-state index in [1.165, 1.54) is 0 Å². The van der Waals surface area contributed by atoms with Crippen LogP contribution in [0.15, 0.2) is 0 Å². The fourth-order valence-electron chi connectivity index (χ4n) is 1.56. The van der Waals surface area contributed by atoms with Crippen LogP contribution in [-0.4, -0.2) is 36.4 Å². The molecule has 0 aromatic heterocycles. The van der Waals surface area contributed by atoms with Crippen molar-refractivity contribution in [2.75, 3.05) is 13.1 Å². The van der Waals surface area contributed by atoms with Crippen molar-refractivity contribution in [1.29, 1.82) is 0 Å². The van der Waals surface area contributed by atoms with Gasteiger partial charge in [-0.05, 0) is 18.8 Å². The third-order valence-corrected chi connectivity index (χ3v) is 2.76. The Labute approximate surface area is 115 Å². The molecule has 0 aliphatic carbocycles. The molecule has 0 fully saturated rings. The summed E-state index contributed by atoms with van der Waals surface area (Å²) in [5, 5.41) is 13.6. The van der Waals surface area contributed by atoms with Crippen molar-refractivity contribution in [1.82, 2.24) is 10.6 Å². The van der Waals surface area contributed by atoms with E-state index in [0.29, 0.717) is 6.42 Å². The molecule has 0 saturated heterocycles. The van der Waals surface area contributed by atoms with Crippen LogP contribution in [-0.2, 0) is 4.79 Å². The number of urea groups is 1. The maximum Gasteiger partial charge on any atom is 0.389 e. The van der Waals surface area contributed by atoms with E-state index in [9.17, 15) is 22.8 Å². The quantitative estimate of drug-likeness (QED) is 0.572. The lowest BCUT2D eigenvalue weighted by molar-refractivity contribution is -0.138. The highest BCUT2D eigenvalue weighted by atomic mass is 19.4. The molecule has 0 spiro atoms. The zero-order valence-corrected chi connectivity index (χ0v) is 11.4. The number of alkyl halides is 3. The highest BCUT2D eigenvalue weighted by Crippen LogP contribution is 2.21. The number of carbonyl (C=O) groups is 2. The highest BCUT2D eigenvalue weighted by molar-refractivity contribution is 5.74. The number of carboxylic acid groups (broad SMARTS) is 1. The molecule has 2 amide bonds. The van der Waals surface area contributed by atoms with Crippen molar-refractivity contribution >= 4 is 12.0 Å². The molecule has 0 aromatic carbocycles. The van der Waals surface area contributed by atoms with Gasteiger partial charge in [-0.2, -0.15) is 13.2 Å². The van der Waals surface area contributed by atoms with Crippen molar-refractivity contribution in [3.63, 3.8) is 0 Å². The molecule has 0 bridgehead atoms. The minimum absolute atomic E-state index is 0.0254. The van der Waals surface area contributed by atoms with Gasteiger partial charge in [0.2, 0.25) is 0 Å². The van der Waals surface area contributed by atoms with Gasteiger partial charge in [0.1, 0.15) is 0 Å². The summed E-state index contributed by atoms with van der Waals surface area (Å²) in [5.41, 5.74) is 0. The lowest BCUT2D eigenvalue weighted by Crippen LogP contribution is -2.39. The molecule has 1 atom stereocenters. The average molecular weight is 298 g/mol. The van der Waals surface area contributed by atoms with Crippen LogP contribution >= 0.6 is 0 Å². The van der Waals surface area contributed by atoms with E-state index >= 15 is 0 Å². The van der Waals surface area contributed by atoms with Gasteiger partial charge in [-0.1, -0.05) is 13.3 Å². The van der Waals surface area contributed by atoms with Gasteiger partial charge in [0.05, 0.1) is 0 Å². The van der Waals surface area contributed by atoms with E-state index in [1.54, 1.807) is 0 Å². The van der Waals surface area contributed by atoms with Gasteiger partial charge in [0.25, 0.3) is 0 Å². The number of hydrogen-bond donors (Lipinski definition) is 3. The summed E-state index contributed by atoms with van der Waals surface area (Å²) < 4.78 is 35.5. The van der Waals surface area contributed by atoms with Gasteiger partial charge in [-0.25, -0.2) is 4.79 Å². The predicted octanol–water partition coefficient (Wildman–Crippen LogP) is 2.52. The van der Waals surface area contributed by atoms with Crippen molar-refractivity contribution in [2.24, 2.45) is 5.92 Å². The molecule has 8 heteroatoms. The Balaban J connectivity index is 3.65. The Kier molecular flexibility index (Phi) is 8.74. The number of rotatable bonds is 9. The van der Waals surface area contributed by atoms with Gasteiger partial charge in [0, 0.05) is 25.9 Å². The van der Waals surface area contributed by atoms with E-state index < -0.39 is 24.6 Å². The number of amides is 2. The normalized spacial score (nSPS) is 12.8. The van der Waals surface area contributed by atoms with Crippen LogP contribution in [0.4, 0.5) is 18.0 Å². The van der Waals surface area contributed by atoms with E-state index in [2.05, 4.69) is 10.6 Å². The first-order valence-corrected chi connectivity index (χ1v) is 6.54. The van der Waals surface area contributed by atoms with Gasteiger partial charge in [0.15, 0.2) is 0 Å². The number of carbonyl (C=O) groups excluding carboxylic acids is 1. The number of unbranched alkanes of at least 4 members (excludes halogenated alkanes) is 1. The monoisotopic (exact) mass is 298 g/mol. The summed E-state index contributed by atoms with van der Waals surface area (Å²) in [4.78, 5) is 21.8. The summed E-state index contributed by atoms with van der Waals surface area (Å²) in [6, 6.07) is -0.485. The molecular formula is C12H21F3N2O3. The lowest BCUT2D eigenvalue weighted by Gasteiger charge is -2.14. The second-order valence-corrected chi connectivity index (χ2v) is 4.58. The third kappa shape index (κ3) is 11.6. The Morgan fingerprint density at radius 2 is 1.85 bits per heavy atom. The number of nitrogens with one attached hydrogen (secondary N) is 2. The maximum absolute atomic E-state index is 11.8. The number of aliphatic carboxylic acids is 1. The lowest BCUT2D eigenvalue weighted by atomic mass is 10.0. The van der Waals surface area contributed by atoms with E-state index in [-0.39, 0.29) is 38.3 Å². The van der Waals surface area contributed by atoms with E-state index in [4.69, 9.17) is 5.11 Å². The van der Waals surface area contributed by atoms with Crippen LogP contribution in [0.1, 0.15) is 39.0 Å². The molecule has 0 saturated carbocycles. The van der Waals surface area contributed by atoms with Crippen molar-refractivity contribution in [2.45, 2.75) is 45.2 Å². The number of carboxylic acids is 1. The second kappa shape index (κ2) is 9.44. The molecule has 3 N–H and O–H groups in total. The first-order chi connectivity index (χ1) is 9.24. The SMILES string of the molecule is CCC(CNC(=O)NCCCCC(F)(F)F)CC(=O)O. The zero-order valence-electron chi connectivity index (χ0n) is 11.4. The highest BCUT2D eigenvalue weighted by Gasteiger charge is 2.25. The first-order valence-electron chi connectivity index (χ1n) is 6.54. The van der Waals surface area contributed by atoms with Crippen LogP contribution < -0.4 is 10.6 Å². The van der Waals surface area contributed by atoms with Crippen LogP contribution in [0.2, 0.25) is 0 Å². The molecular weight excluding hydrogens is 277 g/mol.